The predicted octanol–water partition coefficient (Wildman–Crippen LogP) is 3.82. The minimum absolute atomic E-state index is 0.252. The summed E-state index contributed by atoms with van der Waals surface area (Å²) in [7, 11) is 0. The zero-order valence-corrected chi connectivity index (χ0v) is 14.8. The molecular formula is C20H23N3O2. The molecule has 5 heteroatoms. The molecule has 3 aromatic rings. The molecule has 3 rings (SSSR count). The van der Waals surface area contributed by atoms with E-state index in [9.17, 15) is 5.11 Å². The van der Waals surface area contributed by atoms with Crippen LogP contribution in [0, 0.1) is 0 Å². The summed E-state index contributed by atoms with van der Waals surface area (Å²) < 4.78 is 7.53. The van der Waals surface area contributed by atoms with Gasteiger partial charge in [0.1, 0.15) is 5.52 Å². The van der Waals surface area contributed by atoms with E-state index in [1.807, 2.05) is 67.6 Å². The summed E-state index contributed by atoms with van der Waals surface area (Å²) >= 11 is 0. The Kier molecular flexibility index (Phi) is 4.86. The molecule has 1 aromatic heterocycles. The molecular weight excluding hydrogens is 314 g/mol. The maximum absolute atomic E-state index is 10.7. The molecule has 0 radical (unpaired) electrons. The predicted molar refractivity (Wildman–Crippen MR) is 98.9 cm³/mol. The van der Waals surface area contributed by atoms with E-state index >= 15 is 0 Å². The molecule has 2 aromatic carbocycles. The smallest absolute Gasteiger partial charge is 0.212 e. The summed E-state index contributed by atoms with van der Waals surface area (Å²) in [4.78, 5) is 0. The van der Waals surface area contributed by atoms with E-state index in [0.717, 1.165) is 16.6 Å². The van der Waals surface area contributed by atoms with Gasteiger partial charge in [-0.3, -0.25) is 0 Å². The van der Waals surface area contributed by atoms with E-state index in [2.05, 4.69) is 10.3 Å². The highest BCUT2D eigenvalue weighted by molar-refractivity contribution is 5.77. The molecule has 1 unspecified atom stereocenters. The zero-order chi connectivity index (χ0) is 17.9. The van der Waals surface area contributed by atoms with Gasteiger partial charge >= 0.3 is 0 Å². The van der Waals surface area contributed by atoms with Gasteiger partial charge in [0, 0.05) is 5.92 Å². The highest BCUT2D eigenvalue weighted by atomic mass is 16.5. The highest BCUT2D eigenvalue weighted by Gasteiger charge is 2.28. The summed E-state index contributed by atoms with van der Waals surface area (Å²) in [6, 6.07) is 17.6. The quantitative estimate of drug-likeness (QED) is 0.695. The van der Waals surface area contributed by atoms with Crippen LogP contribution in [-0.2, 0) is 4.74 Å². The van der Waals surface area contributed by atoms with Crippen LogP contribution in [0.2, 0.25) is 0 Å². The SMILES string of the molecule is CCO/C(=C/C(c1ccccc1)C(C)(C)O)n1nnc2ccccc21. The fourth-order valence-electron chi connectivity index (χ4n) is 2.87. The maximum Gasteiger partial charge on any atom is 0.212 e. The van der Waals surface area contributed by atoms with Crippen molar-refractivity contribution in [2.24, 2.45) is 0 Å². The zero-order valence-electron chi connectivity index (χ0n) is 14.8. The highest BCUT2D eigenvalue weighted by Crippen LogP contribution is 2.32. The Labute approximate surface area is 147 Å². The van der Waals surface area contributed by atoms with Crippen molar-refractivity contribution in [1.82, 2.24) is 15.0 Å². The third-order valence-electron chi connectivity index (χ3n) is 4.08. The van der Waals surface area contributed by atoms with Crippen molar-refractivity contribution in [3.05, 3.63) is 66.2 Å². The standard InChI is InChI=1S/C20H23N3O2/c1-4-25-19(23-18-13-9-8-12-17(18)21-22-23)14-16(20(2,3)24)15-10-6-5-7-11-15/h5-14,16,24H,4H2,1-3H3/b19-14+. The number of fused-ring (bicyclic) bond motifs is 1. The molecule has 5 nitrogen and oxygen atoms in total. The number of nitrogens with zero attached hydrogens (tertiary/aromatic N) is 3. The van der Waals surface area contributed by atoms with Crippen molar-refractivity contribution in [3.63, 3.8) is 0 Å². The first kappa shape index (κ1) is 17.2. The fourth-order valence-corrected chi connectivity index (χ4v) is 2.87. The molecule has 0 amide bonds. The van der Waals surface area contributed by atoms with Gasteiger partial charge in [-0.05, 0) is 44.5 Å². The molecule has 1 N–H and O–H groups in total. The summed E-state index contributed by atoms with van der Waals surface area (Å²) in [5, 5.41) is 19.1. The normalized spacial score (nSPS) is 13.8. The van der Waals surface area contributed by atoms with E-state index in [1.54, 1.807) is 18.5 Å². The van der Waals surface area contributed by atoms with E-state index in [-0.39, 0.29) is 5.92 Å². The summed E-state index contributed by atoms with van der Waals surface area (Å²) in [6.07, 6.45) is 1.92. The Balaban J connectivity index is 2.11. The van der Waals surface area contributed by atoms with E-state index in [0.29, 0.717) is 12.5 Å². The molecule has 0 aliphatic carbocycles. The number of hydrogen-bond donors (Lipinski definition) is 1. The first-order valence-electron chi connectivity index (χ1n) is 8.43. The van der Waals surface area contributed by atoms with Crippen LogP contribution in [0.5, 0.6) is 0 Å². The number of aliphatic hydroxyl groups is 1. The summed E-state index contributed by atoms with van der Waals surface area (Å²) in [6.45, 7) is 6.01. The number of hydrogen-bond acceptors (Lipinski definition) is 4. The lowest BCUT2D eigenvalue weighted by Crippen LogP contribution is -2.28. The van der Waals surface area contributed by atoms with Gasteiger partial charge in [0.2, 0.25) is 5.88 Å². The maximum atomic E-state index is 10.7. The molecule has 0 aliphatic rings. The number of rotatable bonds is 6. The van der Waals surface area contributed by atoms with Crippen LogP contribution in [0.3, 0.4) is 0 Å². The third-order valence-corrected chi connectivity index (χ3v) is 4.08. The molecule has 0 saturated carbocycles. The molecule has 1 heterocycles. The van der Waals surface area contributed by atoms with Crippen LogP contribution in [0.4, 0.5) is 0 Å². The molecule has 0 aliphatic heterocycles. The lowest BCUT2D eigenvalue weighted by molar-refractivity contribution is 0.0642. The van der Waals surface area contributed by atoms with Gasteiger partial charge in [0.15, 0.2) is 0 Å². The van der Waals surface area contributed by atoms with Gasteiger partial charge in [0.25, 0.3) is 0 Å². The molecule has 0 fully saturated rings. The van der Waals surface area contributed by atoms with Crippen LogP contribution in [-0.4, -0.2) is 32.3 Å². The summed E-state index contributed by atoms with van der Waals surface area (Å²) in [5.41, 5.74) is 1.72. The van der Waals surface area contributed by atoms with E-state index in [4.69, 9.17) is 4.74 Å². The third kappa shape index (κ3) is 3.72. The van der Waals surface area contributed by atoms with Gasteiger partial charge in [-0.25, -0.2) is 0 Å². The average molecular weight is 337 g/mol. The van der Waals surface area contributed by atoms with Crippen molar-refractivity contribution >= 4 is 16.9 Å². The van der Waals surface area contributed by atoms with Crippen LogP contribution >= 0.6 is 0 Å². The number of para-hydroxylation sites is 1. The van der Waals surface area contributed by atoms with Gasteiger partial charge < -0.3 is 9.84 Å². The number of ether oxygens (including phenoxy) is 1. The van der Waals surface area contributed by atoms with Crippen LogP contribution < -0.4 is 0 Å². The number of benzene rings is 2. The molecule has 25 heavy (non-hydrogen) atoms. The molecule has 1 atom stereocenters. The Hall–Kier alpha value is -2.66. The second kappa shape index (κ2) is 7.07. The monoisotopic (exact) mass is 337 g/mol. The second-order valence-electron chi connectivity index (χ2n) is 6.47. The first-order chi connectivity index (χ1) is 12.0. The molecule has 130 valence electrons. The fraction of sp³-hybridized carbons (Fsp3) is 0.300. The molecule has 0 saturated heterocycles. The van der Waals surface area contributed by atoms with Crippen LogP contribution in [0.15, 0.2) is 60.7 Å². The van der Waals surface area contributed by atoms with Crippen LogP contribution in [0.25, 0.3) is 16.9 Å². The Morgan fingerprint density at radius 2 is 1.84 bits per heavy atom. The average Bonchev–Trinajstić information content (AvgIpc) is 3.02. The van der Waals surface area contributed by atoms with Crippen molar-refractivity contribution < 1.29 is 9.84 Å². The van der Waals surface area contributed by atoms with Gasteiger partial charge in [-0.1, -0.05) is 47.7 Å². The number of aromatic nitrogens is 3. The summed E-state index contributed by atoms with van der Waals surface area (Å²) in [5.74, 6) is 0.311. The van der Waals surface area contributed by atoms with E-state index in [1.165, 1.54) is 0 Å². The van der Waals surface area contributed by atoms with E-state index < -0.39 is 5.60 Å². The topological polar surface area (TPSA) is 60.2 Å². The lowest BCUT2D eigenvalue weighted by atomic mass is 9.84. The Morgan fingerprint density at radius 1 is 1.16 bits per heavy atom. The van der Waals surface area contributed by atoms with Crippen molar-refractivity contribution in [2.45, 2.75) is 32.3 Å². The second-order valence-corrected chi connectivity index (χ2v) is 6.47. The van der Waals surface area contributed by atoms with Gasteiger partial charge in [0.05, 0.1) is 17.7 Å². The largest absolute Gasteiger partial charge is 0.478 e. The van der Waals surface area contributed by atoms with Gasteiger partial charge in [-0.2, -0.15) is 4.68 Å². The van der Waals surface area contributed by atoms with Crippen molar-refractivity contribution in [3.8, 4) is 0 Å². The van der Waals surface area contributed by atoms with Crippen LogP contribution in [0.1, 0.15) is 32.3 Å². The van der Waals surface area contributed by atoms with Gasteiger partial charge in [-0.15, -0.1) is 5.10 Å². The van der Waals surface area contributed by atoms with Crippen molar-refractivity contribution in [1.29, 1.82) is 0 Å². The van der Waals surface area contributed by atoms with Crippen molar-refractivity contribution in [2.75, 3.05) is 6.61 Å². The minimum Gasteiger partial charge on any atom is -0.478 e. The Bertz CT molecular complexity index is 863. The minimum atomic E-state index is -0.958. The Morgan fingerprint density at radius 3 is 2.52 bits per heavy atom. The lowest BCUT2D eigenvalue weighted by Gasteiger charge is -2.28. The molecule has 0 bridgehead atoms. The first-order valence-corrected chi connectivity index (χ1v) is 8.43. The molecule has 0 spiro atoms.